The highest BCUT2D eigenvalue weighted by atomic mass is 32.2. The van der Waals surface area contributed by atoms with Gasteiger partial charge in [0, 0.05) is 24.1 Å². The van der Waals surface area contributed by atoms with Crippen LogP contribution in [0.25, 0.3) is 0 Å². The minimum absolute atomic E-state index is 0.135. The third-order valence-corrected chi connectivity index (χ3v) is 3.68. The summed E-state index contributed by atoms with van der Waals surface area (Å²) < 4.78 is 24.0. The summed E-state index contributed by atoms with van der Waals surface area (Å²) >= 11 is 0. The van der Waals surface area contributed by atoms with Crippen LogP contribution < -0.4 is 5.32 Å². The number of nitrogens with zero attached hydrogens (tertiary/aromatic N) is 2. The Kier molecular flexibility index (Phi) is 4.70. The van der Waals surface area contributed by atoms with Gasteiger partial charge in [0.05, 0.1) is 18.0 Å². The van der Waals surface area contributed by atoms with Gasteiger partial charge in [-0.1, -0.05) is 6.92 Å². The van der Waals surface area contributed by atoms with Crippen LogP contribution >= 0.6 is 0 Å². The molecule has 0 spiro atoms. The molecule has 0 bridgehead atoms. The Bertz CT molecular complexity index is 477. The third kappa shape index (κ3) is 4.12. The number of hydrogen-bond donors (Lipinski definition) is 1. The van der Waals surface area contributed by atoms with Gasteiger partial charge in [0.15, 0.2) is 0 Å². The maximum Gasteiger partial charge on any atom is 0.149 e. The molecule has 0 aromatic carbocycles. The van der Waals surface area contributed by atoms with Crippen molar-refractivity contribution in [3.8, 4) is 0 Å². The lowest BCUT2D eigenvalue weighted by Gasteiger charge is -2.05. The molecule has 1 rings (SSSR count). The molecular formula is C11H21N3O2S. The number of aryl methyl sites for hydroxylation is 2. The monoisotopic (exact) mass is 259 g/mol. The van der Waals surface area contributed by atoms with Gasteiger partial charge < -0.3 is 5.32 Å². The Morgan fingerprint density at radius 3 is 2.53 bits per heavy atom. The van der Waals surface area contributed by atoms with Crippen LogP contribution in [0, 0.1) is 13.8 Å². The zero-order valence-corrected chi connectivity index (χ0v) is 11.8. The summed E-state index contributed by atoms with van der Waals surface area (Å²) in [5.41, 5.74) is 3.18. The smallest absolute Gasteiger partial charge is 0.149 e. The summed E-state index contributed by atoms with van der Waals surface area (Å²) in [6.45, 7) is 8.11. The summed E-state index contributed by atoms with van der Waals surface area (Å²) in [6, 6.07) is 0. The molecule has 1 heterocycles. The molecule has 0 aliphatic heterocycles. The Labute approximate surface area is 103 Å². The van der Waals surface area contributed by atoms with Gasteiger partial charge in [-0.2, -0.15) is 5.10 Å². The van der Waals surface area contributed by atoms with Crippen LogP contribution in [0.4, 0.5) is 0 Å². The van der Waals surface area contributed by atoms with Crippen LogP contribution in [0.15, 0.2) is 0 Å². The SMILES string of the molecule is CCNCc1c(C)nn(CCS(C)(=O)=O)c1C. The highest BCUT2D eigenvalue weighted by Crippen LogP contribution is 2.12. The maximum absolute atomic E-state index is 11.1. The largest absolute Gasteiger partial charge is 0.313 e. The van der Waals surface area contributed by atoms with E-state index in [9.17, 15) is 8.42 Å². The Morgan fingerprint density at radius 1 is 1.35 bits per heavy atom. The fraction of sp³-hybridized carbons (Fsp3) is 0.727. The van der Waals surface area contributed by atoms with Gasteiger partial charge in [0.25, 0.3) is 0 Å². The Morgan fingerprint density at radius 2 is 2.00 bits per heavy atom. The van der Waals surface area contributed by atoms with E-state index in [1.807, 2.05) is 13.8 Å². The van der Waals surface area contributed by atoms with E-state index in [-0.39, 0.29) is 5.75 Å². The molecule has 1 aromatic heterocycles. The van der Waals surface area contributed by atoms with Crippen molar-refractivity contribution < 1.29 is 8.42 Å². The highest BCUT2D eigenvalue weighted by Gasteiger charge is 2.12. The number of hydrogen-bond acceptors (Lipinski definition) is 4. The lowest BCUT2D eigenvalue weighted by atomic mass is 10.2. The zero-order chi connectivity index (χ0) is 13.1. The summed E-state index contributed by atoms with van der Waals surface area (Å²) in [4.78, 5) is 0. The van der Waals surface area contributed by atoms with E-state index in [1.165, 1.54) is 11.8 Å². The minimum Gasteiger partial charge on any atom is -0.313 e. The molecule has 0 atom stereocenters. The van der Waals surface area contributed by atoms with Gasteiger partial charge in [0.1, 0.15) is 9.84 Å². The second-order valence-corrected chi connectivity index (χ2v) is 6.54. The van der Waals surface area contributed by atoms with Gasteiger partial charge in [-0.05, 0) is 20.4 Å². The van der Waals surface area contributed by atoms with Crippen molar-refractivity contribution in [2.75, 3.05) is 18.6 Å². The first kappa shape index (κ1) is 14.2. The first-order chi connectivity index (χ1) is 7.85. The molecule has 0 amide bonds. The summed E-state index contributed by atoms with van der Waals surface area (Å²) in [5.74, 6) is 0.135. The summed E-state index contributed by atoms with van der Waals surface area (Å²) in [5, 5.41) is 7.64. The molecule has 98 valence electrons. The Hall–Kier alpha value is -0.880. The second-order valence-electron chi connectivity index (χ2n) is 4.28. The molecular weight excluding hydrogens is 238 g/mol. The summed E-state index contributed by atoms with van der Waals surface area (Å²) in [6.07, 6.45) is 1.25. The molecule has 17 heavy (non-hydrogen) atoms. The molecule has 1 N–H and O–H groups in total. The van der Waals surface area contributed by atoms with Crippen molar-refractivity contribution in [1.82, 2.24) is 15.1 Å². The predicted octanol–water partition coefficient (Wildman–Crippen LogP) is 0.654. The zero-order valence-electron chi connectivity index (χ0n) is 10.9. The average molecular weight is 259 g/mol. The molecule has 0 saturated carbocycles. The minimum atomic E-state index is -2.94. The maximum atomic E-state index is 11.1. The van der Waals surface area contributed by atoms with E-state index in [0.29, 0.717) is 6.54 Å². The van der Waals surface area contributed by atoms with Crippen molar-refractivity contribution in [2.45, 2.75) is 33.9 Å². The van der Waals surface area contributed by atoms with E-state index in [4.69, 9.17) is 0 Å². The van der Waals surface area contributed by atoms with E-state index >= 15 is 0 Å². The predicted molar refractivity (Wildman–Crippen MR) is 68.8 cm³/mol. The van der Waals surface area contributed by atoms with E-state index in [2.05, 4.69) is 17.3 Å². The number of nitrogens with one attached hydrogen (secondary N) is 1. The van der Waals surface area contributed by atoms with Gasteiger partial charge in [0.2, 0.25) is 0 Å². The van der Waals surface area contributed by atoms with Gasteiger partial charge in [-0.25, -0.2) is 8.42 Å². The fourth-order valence-electron chi connectivity index (χ4n) is 1.71. The molecule has 6 heteroatoms. The molecule has 0 aliphatic rings. The van der Waals surface area contributed by atoms with Crippen molar-refractivity contribution in [3.05, 3.63) is 17.0 Å². The second kappa shape index (κ2) is 5.64. The van der Waals surface area contributed by atoms with Crippen LogP contribution in [-0.4, -0.2) is 36.8 Å². The lowest BCUT2D eigenvalue weighted by molar-refractivity contribution is 0.580. The Balaban J connectivity index is 2.81. The number of aromatic nitrogens is 2. The van der Waals surface area contributed by atoms with Crippen LogP contribution in [0.1, 0.15) is 23.9 Å². The molecule has 0 fully saturated rings. The molecule has 0 aliphatic carbocycles. The van der Waals surface area contributed by atoms with Gasteiger partial charge in [-0.15, -0.1) is 0 Å². The molecule has 0 saturated heterocycles. The molecule has 1 aromatic rings. The first-order valence-corrected chi connectivity index (χ1v) is 7.82. The average Bonchev–Trinajstić information content (AvgIpc) is 2.48. The van der Waals surface area contributed by atoms with Crippen LogP contribution in [0.5, 0.6) is 0 Å². The molecule has 0 unspecified atom stereocenters. The van der Waals surface area contributed by atoms with E-state index in [1.54, 1.807) is 4.68 Å². The fourth-order valence-corrected chi connectivity index (χ4v) is 2.21. The summed E-state index contributed by atoms with van der Waals surface area (Å²) in [7, 11) is -2.94. The van der Waals surface area contributed by atoms with E-state index in [0.717, 1.165) is 24.5 Å². The number of rotatable bonds is 6. The van der Waals surface area contributed by atoms with Crippen molar-refractivity contribution in [3.63, 3.8) is 0 Å². The van der Waals surface area contributed by atoms with Crippen molar-refractivity contribution in [2.24, 2.45) is 0 Å². The van der Waals surface area contributed by atoms with E-state index < -0.39 is 9.84 Å². The first-order valence-electron chi connectivity index (χ1n) is 5.76. The highest BCUT2D eigenvalue weighted by molar-refractivity contribution is 7.90. The molecule has 5 nitrogen and oxygen atoms in total. The van der Waals surface area contributed by atoms with Crippen molar-refractivity contribution >= 4 is 9.84 Å². The van der Waals surface area contributed by atoms with Gasteiger partial charge >= 0.3 is 0 Å². The number of sulfone groups is 1. The van der Waals surface area contributed by atoms with Crippen LogP contribution in [0.3, 0.4) is 0 Å². The normalized spacial score (nSPS) is 12.0. The van der Waals surface area contributed by atoms with Gasteiger partial charge in [-0.3, -0.25) is 4.68 Å². The topological polar surface area (TPSA) is 64.0 Å². The third-order valence-electron chi connectivity index (χ3n) is 2.76. The standard InChI is InChI=1S/C11H21N3O2S/c1-5-12-8-11-9(2)13-14(10(11)3)6-7-17(4,15)16/h12H,5-8H2,1-4H3. The quantitative estimate of drug-likeness (QED) is 0.815. The lowest BCUT2D eigenvalue weighted by Crippen LogP contribution is -2.15. The van der Waals surface area contributed by atoms with Crippen LogP contribution in [-0.2, 0) is 22.9 Å². The van der Waals surface area contributed by atoms with Crippen LogP contribution in [0.2, 0.25) is 0 Å². The molecule has 0 radical (unpaired) electrons. The van der Waals surface area contributed by atoms with Crippen molar-refractivity contribution in [1.29, 1.82) is 0 Å².